The number of urea groups is 1. The molecule has 2 aliphatic rings. The van der Waals surface area contributed by atoms with Gasteiger partial charge in [-0.05, 0) is 68.5 Å². The first-order valence-electron chi connectivity index (χ1n) is 9.73. The molecule has 8 heteroatoms. The number of carbonyl (C=O) groups is 1. The zero-order chi connectivity index (χ0) is 19.4. The van der Waals surface area contributed by atoms with Crippen LogP contribution in [0, 0.1) is 11.8 Å². The molecule has 3 N–H and O–H groups in total. The number of nitrogens with zero attached hydrogens (tertiary/aromatic N) is 1. The summed E-state index contributed by atoms with van der Waals surface area (Å²) < 4.78 is 27.4. The van der Waals surface area contributed by atoms with Crippen molar-refractivity contribution in [3.05, 3.63) is 24.3 Å². The van der Waals surface area contributed by atoms with E-state index in [1.54, 1.807) is 28.6 Å². The number of hydrogen-bond donors (Lipinski definition) is 3. The maximum Gasteiger partial charge on any atom is 0.319 e. The van der Waals surface area contributed by atoms with Crippen LogP contribution in [-0.2, 0) is 10.0 Å². The van der Waals surface area contributed by atoms with Gasteiger partial charge < -0.3 is 16.0 Å². The minimum absolute atomic E-state index is 0.175. The fourth-order valence-corrected chi connectivity index (χ4v) is 5.66. The fourth-order valence-electron chi connectivity index (χ4n) is 3.98. The maximum atomic E-state index is 12.9. The molecule has 2 heterocycles. The van der Waals surface area contributed by atoms with Gasteiger partial charge in [-0.3, -0.25) is 0 Å². The normalized spacial score (nSPS) is 25.1. The van der Waals surface area contributed by atoms with E-state index < -0.39 is 10.0 Å². The number of piperidine rings is 2. The molecule has 2 amide bonds. The number of amides is 2. The predicted octanol–water partition coefficient (Wildman–Crippen LogP) is 2.23. The first-order chi connectivity index (χ1) is 12.8. The van der Waals surface area contributed by atoms with Crippen molar-refractivity contribution in [2.75, 3.05) is 31.5 Å². The monoisotopic (exact) mass is 394 g/mol. The zero-order valence-electron chi connectivity index (χ0n) is 16.1. The number of rotatable bonds is 4. The van der Waals surface area contributed by atoms with Gasteiger partial charge in [0.25, 0.3) is 0 Å². The molecule has 2 unspecified atom stereocenters. The summed E-state index contributed by atoms with van der Waals surface area (Å²) in [5.41, 5.74) is 0.584. The first-order valence-corrected chi connectivity index (χ1v) is 11.2. The Morgan fingerprint density at radius 1 is 1.07 bits per heavy atom. The van der Waals surface area contributed by atoms with Gasteiger partial charge >= 0.3 is 6.03 Å². The highest BCUT2D eigenvalue weighted by Gasteiger charge is 2.31. The molecule has 7 nitrogen and oxygen atoms in total. The van der Waals surface area contributed by atoms with Crippen LogP contribution in [0.1, 0.15) is 33.1 Å². The Bertz CT molecular complexity index is 735. The van der Waals surface area contributed by atoms with E-state index in [4.69, 9.17) is 0 Å². The van der Waals surface area contributed by atoms with Gasteiger partial charge in [0.05, 0.1) is 4.90 Å². The molecule has 27 heavy (non-hydrogen) atoms. The summed E-state index contributed by atoms with van der Waals surface area (Å²) in [7, 11) is -3.50. The third-order valence-corrected chi connectivity index (χ3v) is 7.11. The molecular weight excluding hydrogens is 364 g/mol. The second-order valence-corrected chi connectivity index (χ2v) is 9.85. The van der Waals surface area contributed by atoms with Crippen molar-refractivity contribution in [1.29, 1.82) is 0 Å². The van der Waals surface area contributed by atoms with Gasteiger partial charge in [-0.1, -0.05) is 13.8 Å². The molecule has 2 aliphatic heterocycles. The standard InChI is InChI=1S/C19H30N4O3S/c1-14-11-15(2)13-23(12-14)27(25,26)18-5-3-16(4-6-18)21-19(24)22-17-7-9-20-10-8-17/h3-6,14-15,17,20H,7-13H2,1-2H3,(H2,21,22,24). The summed E-state index contributed by atoms with van der Waals surface area (Å²) in [6, 6.07) is 6.35. The van der Waals surface area contributed by atoms with E-state index in [1.807, 2.05) is 0 Å². The second-order valence-electron chi connectivity index (χ2n) is 7.92. The van der Waals surface area contributed by atoms with E-state index in [2.05, 4.69) is 29.8 Å². The lowest BCUT2D eigenvalue weighted by molar-refractivity contribution is 0.222. The van der Waals surface area contributed by atoms with E-state index in [1.165, 1.54) is 0 Å². The Hall–Kier alpha value is -1.64. The first kappa shape index (κ1) is 20.1. The van der Waals surface area contributed by atoms with Gasteiger partial charge in [0.15, 0.2) is 0 Å². The number of nitrogens with one attached hydrogen (secondary N) is 3. The van der Waals surface area contributed by atoms with Crippen LogP contribution in [0.25, 0.3) is 0 Å². The quantitative estimate of drug-likeness (QED) is 0.730. The Kier molecular flexibility index (Phi) is 6.39. The lowest BCUT2D eigenvalue weighted by Crippen LogP contribution is -2.44. The van der Waals surface area contributed by atoms with Gasteiger partial charge in [0.2, 0.25) is 10.0 Å². The van der Waals surface area contributed by atoms with Crippen molar-refractivity contribution < 1.29 is 13.2 Å². The molecule has 0 saturated carbocycles. The van der Waals surface area contributed by atoms with Gasteiger partial charge in [-0.2, -0.15) is 4.31 Å². The van der Waals surface area contributed by atoms with Crippen LogP contribution in [0.3, 0.4) is 0 Å². The van der Waals surface area contributed by atoms with Gasteiger partial charge in [-0.15, -0.1) is 0 Å². The van der Waals surface area contributed by atoms with Crippen LogP contribution in [0.4, 0.5) is 10.5 Å². The zero-order valence-corrected chi connectivity index (χ0v) is 16.9. The molecule has 1 aromatic carbocycles. The summed E-state index contributed by atoms with van der Waals surface area (Å²) >= 11 is 0. The number of benzene rings is 1. The third-order valence-electron chi connectivity index (χ3n) is 5.26. The van der Waals surface area contributed by atoms with Crippen LogP contribution in [-0.4, -0.2) is 51.0 Å². The van der Waals surface area contributed by atoms with Crippen molar-refractivity contribution in [3.63, 3.8) is 0 Å². The highest BCUT2D eigenvalue weighted by molar-refractivity contribution is 7.89. The summed E-state index contributed by atoms with van der Waals surface area (Å²) in [6.45, 7) is 7.12. The van der Waals surface area contributed by atoms with Crippen LogP contribution >= 0.6 is 0 Å². The van der Waals surface area contributed by atoms with Gasteiger partial charge in [0, 0.05) is 24.8 Å². The lowest BCUT2D eigenvalue weighted by Gasteiger charge is -2.34. The SMILES string of the molecule is CC1CC(C)CN(S(=O)(=O)c2ccc(NC(=O)NC3CCNCC3)cc2)C1. The molecular formula is C19H30N4O3S. The average molecular weight is 395 g/mol. The average Bonchev–Trinajstić information content (AvgIpc) is 2.62. The Balaban J connectivity index is 1.61. The van der Waals surface area contributed by atoms with E-state index >= 15 is 0 Å². The Labute approximate surface area is 161 Å². The molecule has 0 aromatic heterocycles. The van der Waals surface area contributed by atoms with Crippen molar-refractivity contribution in [2.24, 2.45) is 11.8 Å². The topological polar surface area (TPSA) is 90.5 Å². The number of carbonyl (C=O) groups excluding carboxylic acids is 1. The van der Waals surface area contributed by atoms with E-state index in [0.29, 0.717) is 30.6 Å². The maximum absolute atomic E-state index is 12.9. The molecule has 0 radical (unpaired) electrons. The molecule has 2 saturated heterocycles. The molecule has 150 valence electrons. The van der Waals surface area contributed by atoms with E-state index in [0.717, 1.165) is 32.4 Å². The molecule has 0 aliphatic carbocycles. The summed E-state index contributed by atoms with van der Waals surface area (Å²) in [5, 5.41) is 9.00. The number of sulfonamides is 1. The lowest BCUT2D eigenvalue weighted by atomic mass is 9.94. The Morgan fingerprint density at radius 3 is 2.26 bits per heavy atom. The van der Waals surface area contributed by atoms with E-state index in [9.17, 15) is 13.2 Å². The van der Waals surface area contributed by atoms with Gasteiger partial charge in [0.1, 0.15) is 0 Å². The molecule has 2 atom stereocenters. The van der Waals surface area contributed by atoms with Crippen molar-refractivity contribution in [3.8, 4) is 0 Å². The second kappa shape index (κ2) is 8.58. The number of hydrogen-bond acceptors (Lipinski definition) is 4. The molecule has 0 spiro atoms. The van der Waals surface area contributed by atoms with Crippen molar-refractivity contribution in [1.82, 2.24) is 14.9 Å². The van der Waals surface area contributed by atoms with Crippen LogP contribution < -0.4 is 16.0 Å². The minimum atomic E-state index is -3.50. The molecule has 1 aromatic rings. The summed E-state index contributed by atoms with van der Waals surface area (Å²) in [4.78, 5) is 12.4. The molecule has 0 bridgehead atoms. The Morgan fingerprint density at radius 2 is 1.67 bits per heavy atom. The van der Waals surface area contributed by atoms with Crippen molar-refractivity contribution >= 4 is 21.7 Å². The van der Waals surface area contributed by atoms with Crippen LogP contribution in [0.2, 0.25) is 0 Å². The van der Waals surface area contributed by atoms with Crippen LogP contribution in [0.5, 0.6) is 0 Å². The van der Waals surface area contributed by atoms with Crippen molar-refractivity contribution in [2.45, 2.75) is 44.0 Å². The smallest absolute Gasteiger partial charge is 0.319 e. The minimum Gasteiger partial charge on any atom is -0.335 e. The molecule has 3 rings (SSSR count). The molecule has 2 fully saturated rings. The highest BCUT2D eigenvalue weighted by Crippen LogP contribution is 2.27. The predicted molar refractivity (Wildman–Crippen MR) is 106 cm³/mol. The fraction of sp³-hybridized carbons (Fsp3) is 0.632. The highest BCUT2D eigenvalue weighted by atomic mass is 32.2. The summed E-state index contributed by atoms with van der Waals surface area (Å²) in [5.74, 6) is 0.728. The number of anilines is 1. The van der Waals surface area contributed by atoms with E-state index in [-0.39, 0.29) is 17.0 Å². The van der Waals surface area contributed by atoms with Crippen LogP contribution in [0.15, 0.2) is 29.2 Å². The third kappa shape index (κ3) is 5.21. The van der Waals surface area contributed by atoms with Gasteiger partial charge in [-0.25, -0.2) is 13.2 Å². The summed E-state index contributed by atoms with van der Waals surface area (Å²) in [6.07, 6.45) is 2.88. The largest absolute Gasteiger partial charge is 0.335 e.